The van der Waals surface area contributed by atoms with Crippen molar-refractivity contribution in [2.45, 2.75) is 11.8 Å². The number of sulfonamides is 1. The van der Waals surface area contributed by atoms with Crippen molar-refractivity contribution in [1.29, 1.82) is 0 Å². The van der Waals surface area contributed by atoms with E-state index in [2.05, 4.69) is 15.0 Å². The van der Waals surface area contributed by atoms with Crippen molar-refractivity contribution in [3.63, 3.8) is 0 Å². The molecule has 4 rings (SSSR count). The summed E-state index contributed by atoms with van der Waals surface area (Å²) in [6, 6.07) is 10.0. The minimum absolute atomic E-state index is 0.0141. The van der Waals surface area contributed by atoms with Gasteiger partial charge in [-0.3, -0.25) is 9.52 Å². The highest BCUT2D eigenvalue weighted by molar-refractivity contribution is 7.93. The Kier molecular flexibility index (Phi) is 4.89. The first kappa shape index (κ1) is 19.2. The normalized spacial score (nSPS) is 13.2. The molecule has 0 fully saturated rings. The van der Waals surface area contributed by atoms with Crippen LogP contribution in [0.15, 0.2) is 46.7 Å². The van der Waals surface area contributed by atoms with Gasteiger partial charge in [-0.05, 0) is 48.9 Å². The molecule has 1 amide bonds. The summed E-state index contributed by atoms with van der Waals surface area (Å²) >= 11 is 1.17. The van der Waals surface area contributed by atoms with Crippen molar-refractivity contribution in [2.75, 3.05) is 23.8 Å². The summed E-state index contributed by atoms with van der Waals surface area (Å²) in [4.78, 5) is 16.0. The SMILES string of the molecule is COc1ccc(S(=O)(=O)Nc2nc(-c3ccc4c(c3)NC(=O)CO4)cs2)c(C)c1. The van der Waals surface area contributed by atoms with Crippen LogP contribution >= 0.6 is 11.3 Å². The molecule has 2 aromatic carbocycles. The van der Waals surface area contributed by atoms with Crippen LogP contribution in [-0.2, 0) is 14.8 Å². The van der Waals surface area contributed by atoms with Crippen molar-refractivity contribution < 1.29 is 22.7 Å². The fourth-order valence-electron chi connectivity index (χ4n) is 2.92. The molecular formula is C19H17N3O5S2. The first-order valence-electron chi connectivity index (χ1n) is 8.56. The van der Waals surface area contributed by atoms with E-state index in [0.717, 1.165) is 5.56 Å². The molecule has 0 atom stereocenters. The molecule has 0 saturated carbocycles. The molecule has 29 heavy (non-hydrogen) atoms. The lowest BCUT2D eigenvalue weighted by Gasteiger charge is -2.18. The summed E-state index contributed by atoms with van der Waals surface area (Å²) in [7, 11) is -2.27. The van der Waals surface area contributed by atoms with Crippen LogP contribution < -0.4 is 19.5 Å². The molecule has 0 unspecified atom stereocenters. The zero-order valence-corrected chi connectivity index (χ0v) is 17.2. The molecule has 2 heterocycles. The molecule has 0 saturated heterocycles. The molecular weight excluding hydrogens is 414 g/mol. The van der Waals surface area contributed by atoms with E-state index in [-0.39, 0.29) is 22.5 Å². The molecule has 1 aromatic heterocycles. The van der Waals surface area contributed by atoms with Crippen molar-refractivity contribution in [3.05, 3.63) is 47.3 Å². The Morgan fingerprint density at radius 3 is 2.83 bits per heavy atom. The number of methoxy groups -OCH3 is 1. The van der Waals surface area contributed by atoms with E-state index < -0.39 is 10.0 Å². The fourth-order valence-corrected chi connectivity index (χ4v) is 5.12. The Morgan fingerprint density at radius 1 is 1.24 bits per heavy atom. The number of hydrogen-bond donors (Lipinski definition) is 2. The third kappa shape index (κ3) is 3.89. The number of rotatable bonds is 5. The Labute approximate surface area is 171 Å². The second-order valence-corrected chi connectivity index (χ2v) is 8.83. The molecule has 150 valence electrons. The summed E-state index contributed by atoms with van der Waals surface area (Å²) in [5.74, 6) is 0.942. The molecule has 10 heteroatoms. The summed E-state index contributed by atoms with van der Waals surface area (Å²) in [5, 5.41) is 4.73. The third-order valence-corrected chi connectivity index (χ3v) is 6.69. The number of carbonyl (C=O) groups is 1. The number of nitrogens with one attached hydrogen (secondary N) is 2. The number of carbonyl (C=O) groups excluding carboxylic acids is 1. The van der Waals surface area contributed by atoms with Crippen LogP contribution in [0.3, 0.4) is 0 Å². The third-order valence-electron chi connectivity index (χ3n) is 4.31. The number of hydrogen-bond acceptors (Lipinski definition) is 7. The zero-order chi connectivity index (χ0) is 20.6. The lowest BCUT2D eigenvalue weighted by atomic mass is 10.1. The van der Waals surface area contributed by atoms with Crippen LogP contribution in [0.1, 0.15) is 5.56 Å². The first-order valence-corrected chi connectivity index (χ1v) is 10.9. The molecule has 1 aliphatic rings. The van der Waals surface area contributed by atoms with Gasteiger partial charge < -0.3 is 14.8 Å². The monoisotopic (exact) mass is 431 g/mol. The van der Waals surface area contributed by atoms with Crippen LogP contribution in [0.25, 0.3) is 11.3 Å². The standard InChI is InChI=1S/C19H17N3O5S2/c1-11-7-13(26-2)4-6-17(11)29(24,25)22-19-21-15(10-28-19)12-3-5-16-14(8-12)20-18(23)9-27-16/h3-8,10H,9H2,1-2H3,(H,20,23)(H,21,22). The van der Waals surface area contributed by atoms with E-state index in [4.69, 9.17) is 9.47 Å². The maximum Gasteiger partial charge on any atom is 0.263 e. The van der Waals surface area contributed by atoms with Gasteiger partial charge in [0.2, 0.25) is 0 Å². The van der Waals surface area contributed by atoms with Crippen molar-refractivity contribution in [1.82, 2.24) is 4.98 Å². The number of anilines is 2. The topological polar surface area (TPSA) is 107 Å². The Bertz CT molecular complexity index is 1200. The number of benzene rings is 2. The van der Waals surface area contributed by atoms with E-state index >= 15 is 0 Å². The van der Waals surface area contributed by atoms with Crippen LogP contribution in [0.2, 0.25) is 0 Å². The first-order chi connectivity index (χ1) is 13.9. The molecule has 2 N–H and O–H groups in total. The van der Waals surface area contributed by atoms with E-state index in [1.807, 2.05) is 0 Å². The average Bonchev–Trinajstić information content (AvgIpc) is 3.14. The van der Waals surface area contributed by atoms with Gasteiger partial charge in [-0.25, -0.2) is 13.4 Å². The maximum atomic E-state index is 12.7. The maximum absolute atomic E-state index is 12.7. The summed E-state index contributed by atoms with van der Waals surface area (Å²) in [5.41, 5.74) is 2.44. The molecule has 1 aliphatic heterocycles. The number of fused-ring (bicyclic) bond motifs is 1. The number of aryl methyl sites for hydroxylation is 1. The van der Waals surface area contributed by atoms with Gasteiger partial charge in [0.1, 0.15) is 11.5 Å². The van der Waals surface area contributed by atoms with Gasteiger partial charge in [0.25, 0.3) is 15.9 Å². The second kappa shape index (κ2) is 7.37. The van der Waals surface area contributed by atoms with Crippen molar-refractivity contribution >= 4 is 38.1 Å². The molecule has 0 aliphatic carbocycles. The highest BCUT2D eigenvalue weighted by Crippen LogP contribution is 2.34. The highest BCUT2D eigenvalue weighted by atomic mass is 32.2. The number of nitrogens with zero attached hydrogens (tertiary/aromatic N) is 1. The zero-order valence-electron chi connectivity index (χ0n) is 15.6. The Hall–Kier alpha value is -3.11. The number of aromatic nitrogens is 1. The lowest BCUT2D eigenvalue weighted by Crippen LogP contribution is -2.25. The van der Waals surface area contributed by atoms with E-state index in [1.165, 1.54) is 24.5 Å². The average molecular weight is 431 g/mol. The predicted octanol–water partition coefficient (Wildman–Crippen LogP) is 3.26. The van der Waals surface area contributed by atoms with E-state index in [0.29, 0.717) is 28.4 Å². The van der Waals surface area contributed by atoms with Gasteiger partial charge in [0.15, 0.2) is 11.7 Å². The minimum atomic E-state index is -3.79. The molecule has 0 radical (unpaired) electrons. The quantitative estimate of drug-likeness (QED) is 0.642. The van der Waals surface area contributed by atoms with Gasteiger partial charge in [-0.15, -0.1) is 11.3 Å². The summed E-state index contributed by atoms with van der Waals surface area (Å²) < 4.78 is 38.5. The summed E-state index contributed by atoms with van der Waals surface area (Å²) in [6.45, 7) is 1.69. The predicted molar refractivity (Wildman–Crippen MR) is 110 cm³/mol. The number of ether oxygens (including phenoxy) is 2. The fraction of sp³-hybridized carbons (Fsp3) is 0.158. The van der Waals surface area contributed by atoms with E-state index in [9.17, 15) is 13.2 Å². The highest BCUT2D eigenvalue weighted by Gasteiger charge is 2.20. The van der Waals surface area contributed by atoms with Crippen LogP contribution in [0, 0.1) is 6.92 Å². The van der Waals surface area contributed by atoms with Gasteiger partial charge in [0, 0.05) is 10.9 Å². The smallest absolute Gasteiger partial charge is 0.263 e. The number of thiazole rings is 1. The van der Waals surface area contributed by atoms with Crippen LogP contribution in [0.5, 0.6) is 11.5 Å². The van der Waals surface area contributed by atoms with Crippen molar-refractivity contribution in [2.24, 2.45) is 0 Å². The second-order valence-electron chi connectivity index (χ2n) is 6.32. The van der Waals surface area contributed by atoms with Gasteiger partial charge in [-0.1, -0.05) is 0 Å². The van der Waals surface area contributed by atoms with Gasteiger partial charge in [0.05, 0.1) is 23.4 Å². The van der Waals surface area contributed by atoms with Crippen LogP contribution in [-0.4, -0.2) is 33.0 Å². The molecule has 0 spiro atoms. The molecule has 3 aromatic rings. The largest absolute Gasteiger partial charge is 0.497 e. The van der Waals surface area contributed by atoms with E-state index in [1.54, 1.807) is 42.6 Å². The Morgan fingerprint density at radius 2 is 2.07 bits per heavy atom. The minimum Gasteiger partial charge on any atom is -0.497 e. The molecule has 8 nitrogen and oxygen atoms in total. The summed E-state index contributed by atoms with van der Waals surface area (Å²) in [6.07, 6.45) is 0. The Balaban J connectivity index is 1.58. The van der Waals surface area contributed by atoms with Gasteiger partial charge >= 0.3 is 0 Å². The number of amides is 1. The van der Waals surface area contributed by atoms with Crippen molar-refractivity contribution in [3.8, 4) is 22.8 Å². The molecule has 0 bridgehead atoms. The lowest BCUT2D eigenvalue weighted by molar-refractivity contribution is -0.118. The van der Waals surface area contributed by atoms with Crippen LogP contribution in [0.4, 0.5) is 10.8 Å². The van der Waals surface area contributed by atoms with Gasteiger partial charge in [-0.2, -0.15) is 0 Å².